The number of aromatic nitrogens is 2. The van der Waals surface area contributed by atoms with Crippen molar-refractivity contribution in [2.24, 2.45) is 0 Å². The molecule has 42 heavy (non-hydrogen) atoms. The van der Waals surface area contributed by atoms with Gasteiger partial charge in [0.25, 0.3) is 0 Å². The lowest BCUT2D eigenvalue weighted by Crippen LogP contribution is -2.12. The fraction of sp³-hybridized carbons (Fsp3) is 0. The van der Waals surface area contributed by atoms with E-state index in [1.54, 1.807) is 33.4 Å². The fourth-order valence-corrected chi connectivity index (χ4v) is 6.38. The van der Waals surface area contributed by atoms with Crippen LogP contribution >= 0.6 is 0 Å². The molecule has 2 heterocycles. The van der Waals surface area contributed by atoms with Gasteiger partial charge in [-0.15, -0.1) is 0 Å². The van der Waals surface area contributed by atoms with E-state index in [-0.39, 0.29) is 22.5 Å². The maximum absolute atomic E-state index is 17.1. The third kappa shape index (κ3) is 3.24. The Labute approximate surface area is 239 Å². The summed E-state index contributed by atoms with van der Waals surface area (Å²) in [6.45, 7) is 0. The van der Waals surface area contributed by atoms with Gasteiger partial charge < -0.3 is 9.13 Å². The normalized spacial score (nSPS) is 11.5. The first-order chi connectivity index (χ1) is 20.7. The summed E-state index contributed by atoms with van der Waals surface area (Å²) in [6.07, 6.45) is 0. The number of halogens is 2. The zero-order valence-electron chi connectivity index (χ0n) is 22.2. The average Bonchev–Trinajstić information content (AvgIpc) is 3.55. The molecular weight excluding hydrogens is 524 g/mol. The van der Waals surface area contributed by atoms with Gasteiger partial charge in [0.1, 0.15) is 23.0 Å². The van der Waals surface area contributed by atoms with Crippen LogP contribution in [-0.2, 0) is 0 Å². The molecule has 0 bridgehead atoms. The van der Waals surface area contributed by atoms with Crippen LogP contribution in [0.4, 0.5) is 8.78 Å². The zero-order chi connectivity index (χ0) is 28.4. The molecule has 3 nitrogen and oxygen atoms in total. The SMILES string of the molecule is N#Cc1c(-n2c3ccccc3c3ccccc32)c(F)c(-c2ccccc2)c(F)c1-n1c2ccccc2c2ccccc21. The molecule has 0 atom stereocenters. The van der Waals surface area contributed by atoms with Crippen LogP contribution in [0.3, 0.4) is 0 Å². The van der Waals surface area contributed by atoms with E-state index in [0.29, 0.717) is 5.56 Å². The Morgan fingerprint density at radius 2 is 0.786 bits per heavy atom. The van der Waals surface area contributed by atoms with Gasteiger partial charge in [-0.2, -0.15) is 5.26 Å². The number of hydrogen-bond donors (Lipinski definition) is 0. The quantitative estimate of drug-likeness (QED) is 0.218. The van der Waals surface area contributed by atoms with Crippen LogP contribution in [-0.4, -0.2) is 9.13 Å². The van der Waals surface area contributed by atoms with Crippen LogP contribution in [0.2, 0.25) is 0 Å². The van der Waals surface area contributed by atoms with Crippen LogP contribution in [0.5, 0.6) is 0 Å². The average molecular weight is 546 g/mol. The van der Waals surface area contributed by atoms with Gasteiger partial charge in [-0.3, -0.25) is 0 Å². The zero-order valence-corrected chi connectivity index (χ0v) is 22.2. The van der Waals surface area contributed by atoms with E-state index in [1.807, 2.05) is 103 Å². The van der Waals surface area contributed by atoms with Gasteiger partial charge in [0, 0.05) is 21.5 Å². The van der Waals surface area contributed by atoms with Crippen LogP contribution in [0.25, 0.3) is 66.1 Å². The molecule has 0 aliphatic heterocycles. The van der Waals surface area contributed by atoms with Gasteiger partial charge in [-0.05, 0) is 29.8 Å². The molecule has 5 heteroatoms. The molecule has 0 aliphatic carbocycles. The number of fused-ring (bicyclic) bond motifs is 6. The number of nitrogens with zero attached hydrogens (tertiary/aromatic N) is 3. The Bertz CT molecular complexity index is 2140. The summed E-state index contributed by atoms with van der Waals surface area (Å²) in [7, 11) is 0. The lowest BCUT2D eigenvalue weighted by atomic mass is 9.98. The van der Waals surface area contributed by atoms with E-state index >= 15 is 8.78 Å². The van der Waals surface area contributed by atoms with Crippen molar-refractivity contribution in [3.05, 3.63) is 145 Å². The largest absolute Gasteiger partial charge is 0.305 e. The van der Waals surface area contributed by atoms with E-state index in [9.17, 15) is 5.26 Å². The van der Waals surface area contributed by atoms with Crippen molar-refractivity contribution in [1.82, 2.24) is 9.13 Å². The van der Waals surface area contributed by atoms with Crippen LogP contribution < -0.4 is 0 Å². The fourth-order valence-electron chi connectivity index (χ4n) is 6.38. The van der Waals surface area contributed by atoms with E-state index in [1.165, 1.54) is 0 Å². The molecule has 0 saturated heterocycles. The smallest absolute Gasteiger partial charge is 0.159 e. The molecule has 8 rings (SSSR count). The second-order valence-corrected chi connectivity index (χ2v) is 10.3. The first-order valence-electron chi connectivity index (χ1n) is 13.7. The van der Waals surface area contributed by atoms with Crippen molar-refractivity contribution < 1.29 is 8.78 Å². The van der Waals surface area contributed by atoms with E-state index in [0.717, 1.165) is 43.6 Å². The number of para-hydroxylation sites is 4. The van der Waals surface area contributed by atoms with Crippen LogP contribution in [0.15, 0.2) is 127 Å². The van der Waals surface area contributed by atoms with Crippen molar-refractivity contribution in [3.8, 4) is 28.6 Å². The number of nitriles is 1. The van der Waals surface area contributed by atoms with Crippen LogP contribution in [0.1, 0.15) is 5.56 Å². The predicted molar refractivity (Wildman–Crippen MR) is 165 cm³/mol. The highest BCUT2D eigenvalue weighted by atomic mass is 19.1. The summed E-state index contributed by atoms with van der Waals surface area (Å²) in [5.41, 5.74) is 3.09. The highest BCUT2D eigenvalue weighted by Gasteiger charge is 2.31. The Morgan fingerprint density at radius 3 is 1.14 bits per heavy atom. The summed E-state index contributed by atoms with van der Waals surface area (Å²) in [4.78, 5) is 0. The highest BCUT2D eigenvalue weighted by molar-refractivity contribution is 6.11. The second kappa shape index (κ2) is 9.15. The topological polar surface area (TPSA) is 33.6 Å². The first-order valence-corrected chi connectivity index (χ1v) is 13.7. The first kappa shape index (κ1) is 24.1. The molecule has 8 aromatic rings. The Balaban J connectivity index is 1.64. The minimum atomic E-state index is -0.786. The third-order valence-electron chi connectivity index (χ3n) is 8.11. The standard InChI is InChI=1S/C37H21F2N3/c38-34-33(23-12-2-1-3-13-23)35(39)37(42-31-20-10-6-16-26(31)27-17-7-11-21-32(27)42)28(22-40)36(34)41-29-18-8-4-14-24(29)25-15-5-9-19-30(25)41/h1-21H. The molecule has 2 aromatic heterocycles. The monoisotopic (exact) mass is 545 g/mol. The minimum Gasteiger partial charge on any atom is -0.305 e. The lowest BCUT2D eigenvalue weighted by Gasteiger charge is -2.20. The van der Waals surface area contributed by atoms with Gasteiger partial charge >= 0.3 is 0 Å². The van der Waals surface area contributed by atoms with E-state index in [4.69, 9.17) is 0 Å². The van der Waals surface area contributed by atoms with Gasteiger partial charge in [-0.1, -0.05) is 103 Å². The van der Waals surface area contributed by atoms with Gasteiger partial charge in [0.15, 0.2) is 11.6 Å². The number of rotatable bonds is 3. The summed E-state index contributed by atoms with van der Waals surface area (Å²) < 4.78 is 37.8. The molecule has 0 amide bonds. The molecule has 198 valence electrons. The van der Waals surface area contributed by atoms with Crippen molar-refractivity contribution >= 4 is 43.6 Å². The van der Waals surface area contributed by atoms with E-state index in [2.05, 4.69) is 6.07 Å². The Hall–Kier alpha value is -5.73. The van der Waals surface area contributed by atoms with Crippen molar-refractivity contribution in [2.75, 3.05) is 0 Å². The molecule has 0 radical (unpaired) electrons. The molecule has 6 aromatic carbocycles. The summed E-state index contributed by atoms with van der Waals surface area (Å²) in [5.74, 6) is -1.57. The predicted octanol–water partition coefficient (Wildman–Crippen LogP) is 9.70. The maximum Gasteiger partial charge on any atom is 0.159 e. The lowest BCUT2D eigenvalue weighted by molar-refractivity contribution is 0.581. The maximum atomic E-state index is 17.1. The van der Waals surface area contributed by atoms with E-state index < -0.39 is 11.6 Å². The molecular formula is C37H21F2N3. The van der Waals surface area contributed by atoms with Gasteiger partial charge in [0.2, 0.25) is 0 Å². The summed E-state index contributed by atoms with van der Waals surface area (Å²) in [5, 5.41) is 14.5. The number of benzene rings is 6. The highest BCUT2D eigenvalue weighted by Crippen LogP contribution is 2.43. The summed E-state index contributed by atoms with van der Waals surface area (Å²) in [6, 6.07) is 41.8. The molecule has 0 aliphatic rings. The van der Waals surface area contributed by atoms with Crippen molar-refractivity contribution in [1.29, 1.82) is 5.26 Å². The summed E-state index contributed by atoms with van der Waals surface area (Å²) >= 11 is 0. The Kier molecular flexibility index (Phi) is 5.25. The third-order valence-corrected chi connectivity index (χ3v) is 8.11. The Morgan fingerprint density at radius 1 is 0.452 bits per heavy atom. The van der Waals surface area contributed by atoms with Gasteiger partial charge in [0.05, 0.1) is 27.6 Å². The molecule has 0 fully saturated rings. The van der Waals surface area contributed by atoms with Crippen molar-refractivity contribution in [2.45, 2.75) is 0 Å². The van der Waals surface area contributed by atoms with Crippen molar-refractivity contribution in [3.63, 3.8) is 0 Å². The molecule has 0 unspecified atom stereocenters. The molecule has 0 saturated carbocycles. The number of hydrogen-bond acceptors (Lipinski definition) is 1. The second-order valence-electron chi connectivity index (χ2n) is 10.3. The molecule has 0 N–H and O–H groups in total. The van der Waals surface area contributed by atoms with Gasteiger partial charge in [-0.25, -0.2) is 8.78 Å². The van der Waals surface area contributed by atoms with Crippen LogP contribution in [0, 0.1) is 23.0 Å². The molecule has 0 spiro atoms. The minimum absolute atomic E-state index is 0.0204.